The Labute approximate surface area is 83.5 Å². The van der Waals surface area contributed by atoms with Crippen LogP contribution in [0.2, 0.25) is 0 Å². The quantitative estimate of drug-likeness (QED) is 0.728. The van der Waals surface area contributed by atoms with Crippen LogP contribution in [0.25, 0.3) is 0 Å². The summed E-state index contributed by atoms with van der Waals surface area (Å²) in [5.41, 5.74) is 1.80. The van der Waals surface area contributed by atoms with Gasteiger partial charge in [-0.3, -0.25) is 0 Å². The molecule has 1 heterocycles. The number of benzene rings is 1. The van der Waals surface area contributed by atoms with E-state index in [2.05, 4.69) is 16.6 Å². The molecule has 3 heteroatoms. The first-order valence-electron chi connectivity index (χ1n) is 5.04. The highest BCUT2D eigenvalue weighted by Crippen LogP contribution is 2.27. The number of hydrogen-bond acceptors (Lipinski definition) is 3. The minimum Gasteiger partial charge on any atom is -0.317 e. The maximum atomic E-state index is 10.4. The Balaban J connectivity index is 2.17. The van der Waals surface area contributed by atoms with Gasteiger partial charge >= 0.3 is 0 Å². The van der Waals surface area contributed by atoms with Crippen LogP contribution in [-0.4, -0.2) is 13.1 Å². The van der Waals surface area contributed by atoms with Crippen molar-refractivity contribution in [2.24, 2.45) is 5.18 Å². The number of nitrogens with zero attached hydrogens (tertiary/aromatic N) is 1. The van der Waals surface area contributed by atoms with Crippen molar-refractivity contribution in [3.63, 3.8) is 0 Å². The maximum absolute atomic E-state index is 10.4. The normalized spacial score (nSPS) is 18.0. The monoisotopic (exact) mass is 190 g/mol. The summed E-state index contributed by atoms with van der Waals surface area (Å²) in [4.78, 5) is 10.4. The zero-order valence-corrected chi connectivity index (χ0v) is 8.07. The number of nitrogens with one attached hydrogen (secondary N) is 1. The second-order valence-corrected chi connectivity index (χ2v) is 3.71. The second-order valence-electron chi connectivity index (χ2n) is 3.71. The van der Waals surface area contributed by atoms with Gasteiger partial charge in [0.15, 0.2) is 0 Å². The molecule has 0 aromatic heterocycles. The Hall–Kier alpha value is -1.22. The first-order valence-corrected chi connectivity index (χ1v) is 5.04. The summed E-state index contributed by atoms with van der Waals surface area (Å²) < 4.78 is 0. The Morgan fingerprint density at radius 1 is 1.29 bits per heavy atom. The smallest absolute Gasteiger partial charge is 0.108 e. The molecular formula is C11H14N2O. The third kappa shape index (κ3) is 1.99. The first-order chi connectivity index (χ1) is 6.90. The molecule has 0 aliphatic carbocycles. The molecule has 0 atom stereocenters. The topological polar surface area (TPSA) is 41.5 Å². The molecule has 0 amide bonds. The fourth-order valence-corrected chi connectivity index (χ4v) is 1.99. The van der Waals surface area contributed by atoms with E-state index in [0.29, 0.717) is 11.6 Å². The molecular weight excluding hydrogens is 176 g/mol. The molecule has 1 fully saturated rings. The van der Waals surface area contributed by atoms with Crippen molar-refractivity contribution >= 4 is 5.69 Å². The van der Waals surface area contributed by atoms with Gasteiger partial charge < -0.3 is 5.32 Å². The van der Waals surface area contributed by atoms with E-state index in [0.717, 1.165) is 25.9 Å². The molecule has 0 unspecified atom stereocenters. The number of hydrogen-bond donors (Lipinski definition) is 1. The van der Waals surface area contributed by atoms with Crippen molar-refractivity contribution in [2.75, 3.05) is 13.1 Å². The van der Waals surface area contributed by atoms with Crippen LogP contribution in [0.15, 0.2) is 29.4 Å². The molecule has 14 heavy (non-hydrogen) atoms. The zero-order chi connectivity index (χ0) is 9.80. The van der Waals surface area contributed by atoms with E-state index < -0.39 is 0 Å². The number of rotatable bonds is 2. The molecule has 0 radical (unpaired) electrons. The highest BCUT2D eigenvalue weighted by molar-refractivity contribution is 5.41. The molecule has 1 aliphatic heterocycles. The molecule has 0 bridgehead atoms. The SMILES string of the molecule is O=Nc1cccc(C2CCNCC2)c1. The predicted octanol–water partition coefficient (Wildman–Crippen LogP) is 2.55. The van der Waals surface area contributed by atoms with Crippen LogP contribution < -0.4 is 5.32 Å². The van der Waals surface area contributed by atoms with E-state index in [-0.39, 0.29) is 0 Å². The Kier molecular flexibility index (Phi) is 2.89. The summed E-state index contributed by atoms with van der Waals surface area (Å²) >= 11 is 0. The van der Waals surface area contributed by atoms with Gasteiger partial charge in [0.05, 0.1) is 0 Å². The minimum atomic E-state index is 0.543. The van der Waals surface area contributed by atoms with Gasteiger partial charge in [-0.15, -0.1) is 4.91 Å². The van der Waals surface area contributed by atoms with Crippen LogP contribution in [0.1, 0.15) is 24.3 Å². The maximum Gasteiger partial charge on any atom is 0.108 e. The standard InChI is InChI=1S/C11H14N2O/c14-13-11-3-1-2-10(8-11)9-4-6-12-7-5-9/h1-3,8-9,12H,4-7H2. The van der Waals surface area contributed by atoms with Crippen LogP contribution in [-0.2, 0) is 0 Å². The van der Waals surface area contributed by atoms with E-state index in [4.69, 9.17) is 0 Å². The summed E-state index contributed by atoms with van der Waals surface area (Å²) in [6, 6.07) is 7.65. The average Bonchev–Trinajstić information content (AvgIpc) is 2.30. The molecule has 3 nitrogen and oxygen atoms in total. The summed E-state index contributed by atoms with van der Waals surface area (Å²) in [6.45, 7) is 2.15. The lowest BCUT2D eigenvalue weighted by Gasteiger charge is -2.22. The molecule has 74 valence electrons. The lowest BCUT2D eigenvalue weighted by Crippen LogP contribution is -2.26. The van der Waals surface area contributed by atoms with Crippen LogP contribution in [0.5, 0.6) is 0 Å². The van der Waals surface area contributed by atoms with Gasteiger partial charge in [0.25, 0.3) is 0 Å². The van der Waals surface area contributed by atoms with Crippen molar-refractivity contribution in [1.82, 2.24) is 5.32 Å². The zero-order valence-electron chi connectivity index (χ0n) is 8.07. The van der Waals surface area contributed by atoms with Gasteiger partial charge in [-0.25, -0.2) is 0 Å². The fourth-order valence-electron chi connectivity index (χ4n) is 1.99. The highest BCUT2D eigenvalue weighted by Gasteiger charge is 2.14. The van der Waals surface area contributed by atoms with Gasteiger partial charge in [-0.2, -0.15) is 0 Å². The van der Waals surface area contributed by atoms with E-state index in [1.54, 1.807) is 6.07 Å². The van der Waals surface area contributed by atoms with Crippen LogP contribution in [0.3, 0.4) is 0 Å². The highest BCUT2D eigenvalue weighted by atomic mass is 16.3. The first kappa shape index (κ1) is 9.34. The number of nitroso groups, excluding NO2 is 1. The summed E-state index contributed by atoms with van der Waals surface area (Å²) in [6.07, 6.45) is 2.31. The molecule has 1 saturated heterocycles. The van der Waals surface area contributed by atoms with Crippen molar-refractivity contribution in [1.29, 1.82) is 0 Å². The second kappa shape index (κ2) is 4.33. The van der Waals surface area contributed by atoms with Gasteiger partial charge in [0, 0.05) is 0 Å². The Morgan fingerprint density at radius 3 is 2.79 bits per heavy atom. The van der Waals surface area contributed by atoms with Gasteiger partial charge in [0.1, 0.15) is 5.69 Å². The van der Waals surface area contributed by atoms with E-state index in [1.807, 2.05) is 12.1 Å². The molecule has 1 aromatic rings. The molecule has 0 saturated carbocycles. The summed E-state index contributed by atoms with van der Waals surface area (Å²) in [7, 11) is 0. The predicted molar refractivity (Wildman–Crippen MR) is 56.7 cm³/mol. The van der Waals surface area contributed by atoms with Crippen LogP contribution in [0, 0.1) is 4.91 Å². The number of piperidine rings is 1. The average molecular weight is 190 g/mol. The molecule has 1 aromatic carbocycles. The molecule has 1 aliphatic rings. The van der Waals surface area contributed by atoms with Crippen LogP contribution >= 0.6 is 0 Å². The Morgan fingerprint density at radius 2 is 2.07 bits per heavy atom. The van der Waals surface area contributed by atoms with E-state index >= 15 is 0 Å². The van der Waals surface area contributed by atoms with E-state index in [1.165, 1.54) is 5.56 Å². The molecule has 1 N–H and O–H groups in total. The third-order valence-corrected chi connectivity index (χ3v) is 2.79. The van der Waals surface area contributed by atoms with E-state index in [9.17, 15) is 4.91 Å². The van der Waals surface area contributed by atoms with Crippen molar-refractivity contribution in [2.45, 2.75) is 18.8 Å². The molecule has 2 rings (SSSR count). The van der Waals surface area contributed by atoms with Crippen molar-refractivity contribution in [3.05, 3.63) is 34.7 Å². The fraction of sp³-hybridized carbons (Fsp3) is 0.455. The summed E-state index contributed by atoms with van der Waals surface area (Å²) in [5.74, 6) is 0.595. The minimum absolute atomic E-state index is 0.543. The lowest BCUT2D eigenvalue weighted by molar-refractivity contribution is 0.460. The van der Waals surface area contributed by atoms with Gasteiger partial charge in [0.2, 0.25) is 0 Å². The largest absolute Gasteiger partial charge is 0.317 e. The molecule has 0 spiro atoms. The summed E-state index contributed by atoms with van der Waals surface area (Å²) in [5, 5.41) is 6.29. The lowest BCUT2D eigenvalue weighted by atomic mass is 9.90. The Bertz CT molecular complexity index is 319. The van der Waals surface area contributed by atoms with Gasteiger partial charge in [-0.05, 0) is 54.7 Å². The van der Waals surface area contributed by atoms with Crippen molar-refractivity contribution < 1.29 is 0 Å². The third-order valence-electron chi connectivity index (χ3n) is 2.79. The van der Waals surface area contributed by atoms with Gasteiger partial charge in [-0.1, -0.05) is 12.1 Å². The van der Waals surface area contributed by atoms with Crippen molar-refractivity contribution in [3.8, 4) is 0 Å². The van der Waals surface area contributed by atoms with Crippen LogP contribution in [0.4, 0.5) is 5.69 Å².